The third-order valence-corrected chi connectivity index (χ3v) is 5.98. The van der Waals surface area contributed by atoms with Gasteiger partial charge in [0.05, 0.1) is 5.75 Å². The molecule has 122 valence electrons. The summed E-state index contributed by atoms with van der Waals surface area (Å²) < 4.78 is 25.3. The molecule has 0 spiro atoms. The van der Waals surface area contributed by atoms with Crippen molar-refractivity contribution in [3.63, 3.8) is 0 Å². The summed E-state index contributed by atoms with van der Waals surface area (Å²) in [5.41, 5.74) is 2.50. The molecule has 0 atom stereocenters. The molecule has 1 saturated heterocycles. The molecular weight excluding hydrogens is 296 g/mol. The Morgan fingerprint density at radius 1 is 1.27 bits per heavy atom. The lowest BCUT2D eigenvalue weighted by Crippen LogP contribution is -2.45. The van der Waals surface area contributed by atoms with E-state index in [4.69, 9.17) is 0 Å². The molecule has 0 amide bonds. The Morgan fingerprint density at radius 3 is 2.50 bits per heavy atom. The third kappa shape index (κ3) is 4.93. The van der Waals surface area contributed by atoms with Gasteiger partial charge < -0.3 is 5.32 Å². The molecule has 4 nitrogen and oxygen atoms in total. The fourth-order valence-corrected chi connectivity index (χ4v) is 3.84. The van der Waals surface area contributed by atoms with Crippen molar-refractivity contribution in [1.29, 1.82) is 0 Å². The molecule has 0 radical (unpaired) electrons. The molecule has 0 aliphatic carbocycles. The summed E-state index contributed by atoms with van der Waals surface area (Å²) in [6.45, 7) is 5.94. The van der Waals surface area contributed by atoms with Crippen molar-refractivity contribution in [2.24, 2.45) is 0 Å². The topological polar surface area (TPSA) is 49.4 Å². The molecule has 0 bridgehead atoms. The van der Waals surface area contributed by atoms with E-state index in [1.807, 2.05) is 18.2 Å². The Labute approximate surface area is 134 Å². The van der Waals surface area contributed by atoms with E-state index in [1.54, 1.807) is 11.2 Å². The van der Waals surface area contributed by atoms with E-state index in [2.05, 4.69) is 30.4 Å². The Bertz CT molecular complexity index is 588. The highest BCUT2D eigenvalue weighted by Gasteiger charge is 2.26. The van der Waals surface area contributed by atoms with Crippen molar-refractivity contribution >= 4 is 16.1 Å². The van der Waals surface area contributed by atoms with Crippen molar-refractivity contribution in [3.05, 3.63) is 41.5 Å². The Balaban J connectivity index is 1.78. The van der Waals surface area contributed by atoms with Gasteiger partial charge in [0, 0.05) is 25.7 Å². The van der Waals surface area contributed by atoms with E-state index >= 15 is 0 Å². The van der Waals surface area contributed by atoms with Crippen LogP contribution in [0.2, 0.25) is 0 Å². The van der Waals surface area contributed by atoms with Crippen LogP contribution >= 0.6 is 0 Å². The first-order chi connectivity index (χ1) is 10.5. The van der Waals surface area contributed by atoms with Crippen LogP contribution in [0.5, 0.6) is 0 Å². The molecule has 0 aromatic heterocycles. The fraction of sp³-hybridized carbons (Fsp3) is 0.529. The van der Waals surface area contributed by atoms with Crippen LogP contribution in [0.3, 0.4) is 0 Å². The van der Waals surface area contributed by atoms with Gasteiger partial charge in [0.25, 0.3) is 0 Å². The van der Waals surface area contributed by atoms with Crippen LogP contribution in [0.4, 0.5) is 0 Å². The molecule has 1 fully saturated rings. The predicted octanol–water partition coefficient (Wildman–Crippen LogP) is 2.49. The maximum Gasteiger partial charge on any atom is 0.213 e. The van der Waals surface area contributed by atoms with Gasteiger partial charge >= 0.3 is 0 Å². The predicted molar refractivity (Wildman–Crippen MR) is 92.2 cm³/mol. The molecule has 1 aromatic rings. The number of rotatable bonds is 6. The summed E-state index contributed by atoms with van der Waals surface area (Å²) in [4.78, 5) is 0. The zero-order valence-electron chi connectivity index (χ0n) is 13.5. The van der Waals surface area contributed by atoms with Gasteiger partial charge in [-0.1, -0.05) is 42.0 Å². The van der Waals surface area contributed by atoms with Crippen LogP contribution in [0.15, 0.2) is 35.9 Å². The van der Waals surface area contributed by atoms with Gasteiger partial charge in [-0.15, -0.1) is 0 Å². The molecule has 5 heteroatoms. The fourth-order valence-electron chi connectivity index (χ4n) is 2.71. The van der Waals surface area contributed by atoms with Gasteiger partial charge in [-0.3, -0.25) is 0 Å². The molecule has 22 heavy (non-hydrogen) atoms. The summed E-state index contributed by atoms with van der Waals surface area (Å²) in [5, 5.41) is 3.54. The van der Waals surface area contributed by atoms with Crippen molar-refractivity contribution in [1.82, 2.24) is 9.62 Å². The highest BCUT2D eigenvalue weighted by atomic mass is 32.2. The lowest BCUT2D eigenvalue weighted by atomic mass is 10.1. The average molecular weight is 322 g/mol. The lowest BCUT2D eigenvalue weighted by molar-refractivity contribution is 0.294. The van der Waals surface area contributed by atoms with Gasteiger partial charge in [-0.2, -0.15) is 0 Å². The van der Waals surface area contributed by atoms with Crippen molar-refractivity contribution in [2.75, 3.05) is 25.4 Å². The van der Waals surface area contributed by atoms with E-state index in [0.29, 0.717) is 19.1 Å². The highest BCUT2D eigenvalue weighted by Crippen LogP contribution is 2.15. The minimum atomic E-state index is -3.02. The first-order valence-electron chi connectivity index (χ1n) is 7.94. The quantitative estimate of drug-likeness (QED) is 0.875. The van der Waals surface area contributed by atoms with Crippen molar-refractivity contribution in [3.8, 4) is 0 Å². The van der Waals surface area contributed by atoms with Crippen LogP contribution in [0.1, 0.15) is 32.3 Å². The smallest absolute Gasteiger partial charge is 0.213 e. The summed E-state index contributed by atoms with van der Waals surface area (Å²) in [6, 6.07) is 10.7. The van der Waals surface area contributed by atoms with E-state index < -0.39 is 10.0 Å². The summed E-state index contributed by atoms with van der Waals surface area (Å²) >= 11 is 0. The molecule has 1 heterocycles. The zero-order valence-corrected chi connectivity index (χ0v) is 14.3. The van der Waals surface area contributed by atoms with Crippen molar-refractivity contribution < 1.29 is 8.42 Å². The van der Waals surface area contributed by atoms with Gasteiger partial charge in [0.1, 0.15) is 0 Å². The minimum Gasteiger partial charge on any atom is -0.310 e. The number of hydrogen-bond acceptors (Lipinski definition) is 3. The number of nitrogens with zero attached hydrogens (tertiary/aromatic N) is 1. The number of sulfonamides is 1. The molecule has 1 aliphatic heterocycles. The Morgan fingerprint density at radius 2 is 1.91 bits per heavy atom. The normalized spacial score (nSPS) is 18.5. The van der Waals surface area contributed by atoms with Gasteiger partial charge in [0.2, 0.25) is 10.0 Å². The van der Waals surface area contributed by atoms with Crippen LogP contribution in [-0.2, 0) is 10.0 Å². The number of piperidine rings is 1. The number of hydrogen-bond donors (Lipinski definition) is 1. The monoisotopic (exact) mass is 322 g/mol. The van der Waals surface area contributed by atoms with Crippen LogP contribution in [0.25, 0.3) is 6.08 Å². The minimum absolute atomic E-state index is 0.198. The maximum atomic E-state index is 11.8. The van der Waals surface area contributed by atoms with Crippen LogP contribution < -0.4 is 5.32 Å². The Hall–Kier alpha value is -1.17. The van der Waals surface area contributed by atoms with E-state index in [-0.39, 0.29) is 5.75 Å². The van der Waals surface area contributed by atoms with Gasteiger partial charge in [0.15, 0.2) is 0 Å². The largest absolute Gasteiger partial charge is 0.310 e. The van der Waals surface area contributed by atoms with Gasteiger partial charge in [-0.05, 0) is 32.3 Å². The second-order valence-electron chi connectivity index (χ2n) is 5.86. The van der Waals surface area contributed by atoms with Crippen molar-refractivity contribution in [2.45, 2.75) is 32.7 Å². The Kier molecular flexibility index (Phi) is 6.17. The molecule has 1 aliphatic rings. The second kappa shape index (κ2) is 7.90. The summed E-state index contributed by atoms with van der Waals surface area (Å²) in [6.07, 6.45) is 3.96. The SMILES string of the molecule is CCS(=O)(=O)N1CCC(NC/C(C)=C\c2ccccc2)CC1. The van der Waals surface area contributed by atoms with Crippen LogP contribution in [0, 0.1) is 0 Å². The maximum absolute atomic E-state index is 11.8. The molecular formula is C17H26N2O2S. The lowest BCUT2D eigenvalue weighted by Gasteiger charge is -2.31. The van der Waals surface area contributed by atoms with E-state index in [9.17, 15) is 8.42 Å². The third-order valence-electron chi connectivity index (χ3n) is 4.09. The first kappa shape index (κ1) is 17.2. The molecule has 1 N–H and O–H groups in total. The van der Waals surface area contributed by atoms with E-state index in [1.165, 1.54) is 11.1 Å². The molecule has 1 aromatic carbocycles. The van der Waals surface area contributed by atoms with Gasteiger partial charge in [-0.25, -0.2) is 12.7 Å². The zero-order chi connectivity index (χ0) is 16.0. The molecule has 0 unspecified atom stereocenters. The molecule has 0 saturated carbocycles. The first-order valence-corrected chi connectivity index (χ1v) is 9.55. The average Bonchev–Trinajstić information content (AvgIpc) is 2.54. The standard InChI is InChI=1S/C17H26N2O2S/c1-3-22(20,21)19-11-9-17(10-12-19)18-14-15(2)13-16-7-5-4-6-8-16/h4-8,13,17-18H,3,9-12,14H2,1-2H3/b15-13-. The van der Waals surface area contributed by atoms with E-state index in [0.717, 1.165) is 19.4 Å². The summed E-state index contributed by atoms with van der Waals surface area (Å²) in [7, 11) is -3.02. The summed E-state index contributed by atoms with van der Waals surface area (Å²) in [5.74, 6) is 0.198. The second-order valence-corrected chi connectivity index (χ2v) is 8.11. The number of benzene rings is 1. The highest BCUT2D eigenvalue weighted by molar-refractivity contribution is 7.89. The van der Waals surface area contributed by atoms with Crippen LogP contribution in [-0.4, -0.2) is 44.2 Å². The molecule has 2 rings (SSSR count). The number of nitrogens with one attached hydrogen (secondary N) is 1.